The molecule has 2 aromatic rings. The van der Waals surface area contributed by atoms with Crippen LogP contribution in [-0.4, -0.2) is 5.25 Å². The molecule has 4 atom stereocenters. The summed E-state index contributed by atoms with van der Waals surface area (Å²) in [5, 5.41) is 2.37. The normalized spacial score (nSPS) is 13.2. The van der Waals surface area contributed by atoms with Gasteiger partial charge in [0.05, 0.1) is 0 Å². The molecule has 3 nitrogen and oxygen atoms in total. The number of aryl methyl sites for hydroxylation is 1. The van der Waals surface area contributed by atoms with Gasteiger partial charge in [-0.05, 0) is 88.8 Å². The van der Waals surface area contributed by atoms with Gasteiger partial charge in [0.25, 0.3) is 0 Å². The predicted octanol–water partition coefficient (Wildman–Crippen LogP) is 10.7. The molecule has 0 amide bonds. The Balaban J connectivity index is 0.00000331. The van der Waals surface area contributed by atoms with Crippen LogP contribution in [-0.2, 0) is 6.42 Å². The van der Waals surface area contributed by atoms with Crippen molar-refractivity contribution in [3.05, 3.63) is 116 Å². The quantitative estimate of drug-likeness (QED) is 0.0899. The fourth-order valence-corrected chi connectivity index (χ4v) is 6.54. The molecule has 0 aromatic heterocycles. The van der Waals surface area contributed by atoms with Crippen molar-refractivity contribution >= 4 is 17.3 Å². The highest BCUT2D eigenvalue weighted by molar-refractivity contribution is 8.02. The van der Waals surface area contributed by atoms with Crippen molar-refractivity contribution < 1.29 is 0 Å². The van der Waals surface area contributed by atoms with Gasteiger partial charge in [-0.15, -0.1) is 18.3 Å². The van der Waals surface area contributed by atoms with E-state index >= 15 is 0 Å². The monoisotopic (exact) mass is 603 g/mol. The minimum atomic E-state index is 0.367. The highest BCUT2D eigenvalue weighted by Gasteiger charge is 2.30. The van der Waals surface area contributed by atoms with E-state index in [0.29, 0.717) is 23.0 Å². The Hall–Kier alpha value is -2.79. The van der Waals surface area contributed by atoms with Gasteiger partial charge in [0.1, 0.15) is 0 Å². The van der Waals surface area contributed by atoms with E-state index in [1.807, 2.05) is 17.2 Å². The molecule has 4 unspecified atom stereocenters. The molecule has 43 heavy (non-hydrogen) atoms. The first-order chi connectivity index (χ1) is 20.6. The molecule has 0 aliphatic heterocycles. The van der Waals surface area contributed by atoms with Crippen molar-refractivity contribution in [2.75, 3.05) is 0 Å². The highest BCUT2D eigenvalue weighted by atomic mass is 32.2. The maximum Gasteiger partial charge on any atom is 0.0323 e. The van der Waals surface area contributed by atoms with Gasteiger partial charge in [0.2, 0.25) is 0 Å². The van der Waals surface area contributed by atoms with E-state index in [0.717, 1.165) is 31.6 Å². The first-order valence-corrected chi connectivity index (χ1v) is 16.7. The summed E-state index contributed by atoms with van der Waals surface area (Å²) in [7, 11) is 0. The number of benzene rings is 2. The van der Waals surface area contributed by atoms with Crippen molar-refractivity contribution in [2.45, 2.75) is 84.8 Å². The lowest BCUT2D eigenvalue weighted by Crippen LogP contribution is -2.29. The van der Waals surface area contributed by atoms with Gasteiger partial charge in [-0.25, -0.2) is 0 Å². The SMILES string of the molecule is C=CCC(C(C)CCCC(C)C)C(C)C(SC=C)C(=C)CCC(=C)c1ccc(-c2ccc(CC)cc2)cc1.C=CN.NN. The molecule has 0 spiro atoms. The average molecular weight is 604 g/mol. The number of rotatable bonds is 18. The summed E-state index contributed by atoms with van der Waals surface area (Å²) in [5.74, 6) is 10.6. The second kappa shape index (κ2) is 23.6. The van der Waals surface area contributed by atoms with Crippen LogP contribution in [0.15, 0.2) is 105 Å². The third-order valence-electron chi connectivity index (χ3n) is 8.15. The van der Waals surface area contributed by atoms with Crippen LogP contribution >= 0.6 is 11.8 Å². The predicted molar refractivity (Wildman–Crippen MR) is 198 cm³/mol. The second-order valence-electron chi connectivity index (χ2n) is 11.7. The Morgan fingerprint density at radius 1 is 0.837 bits per heavy atom. The first kappa shape index (κ1) is 40.2. The fourth-order valence-electron chi connectivity index (χ4n) is 5.57. The molecule has 0 aliphatic carbocycles. The summed E-state index contributed by atoms with van der Waals surface area (Å²) >= 11 is 1.84. The molecule has 0 bridgehead atoms. The topological polar surface area (TPSA) is 78.1 Å². The van der Waals surface area contributed by atoms with Crippen molar-refractivity contribution in [3.63, 3.8) is 0 Å². The van der Waals surface area contributed by atoms with Crippen molar-refractivity contribution in [1.82, 2.24) is 0 Å². The lowest BCUT2D eigenvalue weighted by molar-refractivity contribution is 0.240. The number of hydrogen-bond acceptors (Lipinski definition) is 4. The molecule has 0 heterocycles. The van der Waals surface area contributed by atoms with Crippen LogP contribution in [0.3, 0.4) is 0 Å². The average Bonchev–Trinajstić information content (AvgIpc) is 3.02. The van der Waals surface area contributed by atoms with E-state index in [4.69, 9.17) is 0 Å². The molecule has 0 saturated heterocycles. The summed E-state index contributed by atoms with van der Waals surface area (Å²) in [5.41, 5.74) is 12.2. The molecule has 0 radical (unpaired) electrons. The second-order valence-corrected chi connectivity index (χ2v) is 12.8. The maximum atomic E-state index is 4.61. The van der Waals surface area contributed by atoms with Crippen molar-refractivity contribution in [2.24, 2.45) is 41.1 Å². The van der Waals surface area contributed by atoms with Crippen molar-refractivity contribution in [3.8, 4) is 11.1 Å². The van der Waals surface area contributed by atoms with Crippen LogP contribution in [0.4, 0.5) is 0 Å². The Kier molecular flexibility index (Phi) is 22.1. The van der Waals surface area contributed by atoms with Crippen LogP contribution in [0, 0.1) is 23.7 Å². The molecule has 0 aliphatic rings. The fraction of sp³-hybridized carbons (Fsp3) is 0.436. The van der Waals surface area contributed by atoms with Gasteiger partial charge in [0.15, 0.2) is 0 Å². The van der Waals surface area contributed by atoms with Gasteiger partial charge >= 0.3 is 0 Å². The standard InChI is InChI=1S/C37H52S.C2H5N.H4N2/c1-10-14-36(29(7)16-13-15-27(4)5)31(9)37(38-12-3)30(8)18-17-28(6)33-23-25-35(26-24-33)34-21-19-32(11-2)20-22-34;1-2-3;1-2/h10,12,19-27,29,31,36-37H,1,3,6,8,11,13-18H2,2,4-5,7,9H3;2H,1,3H2;1-2H2. The molecule has 238 valence electrons. The summed E-state index contributed by atoms with van der Waals surface area (Å²) < 4.78 is 0. The zero-order valence-corrected chi connectivity index (χ0v) is 28.7. The summed E-state index contributed by atoms with van der Waals surface area (Å²) in [4.78, 5) is 0. The minimum absolute atomic E-state index is 0.367. The van der Waals surface area contributed by atoms with Gasteiger partial charge in [-0.3, -0.25) is 11.7 Å². The molecule has 2 rings (SSSR count). The Morgan fingerprint density at radius 3 is 1.84 bits per heavy atom. The number of nitrogens with two attached hydrogens (primary N) is 3. The summed E-state index contributed by atoms with van der Waals surface area (Å²) in [6, 6.07) is 17.7. The molecular formula is C39H61N3S. The smallest absolute Gasteiger partial charge is 0.0323 e. The third-order valence-corrected chi connectivity index (χ3v) is 9.39. The minimum Gasteiger partial charge on any atom is -0.405 e. The lowest BCUT2D eigenvalue weighted by atomic mass is 9.75. The third kappa shape index (κ3) is 15.0. The lowest BCUT2D eigenvalue weighted by Gasteiger charge is -2.35. The Labute approximate surface area is 269 Å². The molecular weight excluding hydrogens is 543 g/mol. The van der Waals surface area contributed by atoms with Gasteiger partial charge in [-0.1, -0.05) is 140 Å². The zero-order chi connectivity index (χ0) is 32.8. The Bertz CT molecular complexity index is 1070. The summed E-state index contributed by atoms with van der Waals surface area (Å²) in [6.07, 6.45) is 11.3. The molecule has 0 fully saturated rings. The number of hydrogen-bond donors (Lipinski definition) is 3. The molecule has 4 heteroatoms. The highest BCUT2D eigenvalue weighted by Crippen LogP contribution is 2.40. The van der Waals surface area contributed by atoms with Crippen LogP contribution in [0.25, 0.3) is 16.7 Å². The van der Waals surface area contributed by atoms with E-state index in [9.17, 15) is 0 Å². The first-order valence-electron chi connectivity index (χ1n) is 15.7. The van der Waals surface area contributed by atoms with Crippen LogP contribution in [0.5, 0.6) is 0 Å². The van der Waals surface area contributed by atoms with E-state index in [-0.39, 0.29) is 0 Å². The van der Waals surface area contributed by atoms with Crippen LogP contribution in [0.1, 0.15) is 84.3 Å². The molecule has 0 saturated carbocycles. The maximum absolute atomic E-state index is 4.61. The van der Waals surface area contributed by atoms with E-state index in [1.165, 1.54) is 58.9 Å². The number of hydrazine groups is 1. The molecule has 2 aromatic carbocycles. The Morgan fingerprint density at radius 2 is 1.37 bits per heavy atom. The van der Waals surface area contributed by atoms with E-state index in [1.54, 1.807) is 0 Å². The number of thioether (sulfide) groups is 1. The van der Waals surface area contributed by atoms with Gasteiger partial charge in [-0.2, -0.15) is 0 Å². The number of allylic oxidation sites excluding steroid dienone is 2. The van der Waals surface area contributed by atoms with Gasteiger partial charge in [0, 0.05) is 5.25 Å². The largest absolute Gasteiger partial charge is 0.405 e. The van der Waals surface area contributed by atoms with Crippen LogP contribution in [0.2, 0.25) is 0 Å². The summed E-state index contributed by atoms with van der Waals surface area (Å²) in [6.45, 7) is 32.0. The zero-order valence-electron chi connectivity index (χ0n) is 27.9. The van der Waals surface area contributed by atoms with Crippen molar-refractivity contribution in [1.29, 1.82) is 0 Å². The van der Waals surface area contributed by atoms with E-state index in [2.05, 4.69) is 140 Å². The van der Waals surface area contributed by atoms with E-state index < -0.39 is 0 Å². The molecule has 6 N–H and O–H groups in total. The van der Waals surface area contributed by atoms with Gasteiger partial charge < -0.3 is 5.73 Å². The van der Waals surface area contributed by atoms with Crippen LogP contribution < -0.4 is 17.4 Å².